The number of nitrogens with zero attached hydrogens (tertiary/aromatic N) is 1. The summed E-state index contributed by atoms with van der Waals surface area (Å²) in [5.41, 5.74) is 1.06. The highest BCUT2D eigenvalue weighted by molar-refractivity contribution is 6.33. The molecule has 0 bridgehead atoms. The van der Waals surface area contributed by atoms with E-state index in [-0.39, 0.29) is 16.3 Å². The summed E-state index contributed by atoms with van der Waals surface area (Å²) < 4.78 is 0. The van der Waals surface area contributed by atoms with Gasteiger partial charge in [0.2, 0.25) is 0 Å². The van der Waals surface area contributed by atoms with Gasteiger partial charge in [0.1, 0.15) is 10.6 Å². The van der Waals surface area contributed by atoms with E-state index >= 15 is 0 Å². The van der Waals surface area contributed by atoms with Crippen molar-refractivity contribution in [2.24, 2.45) is 0 Å². The molecule has 0 radical (unpaired) electrons. The predicted molar refractivity (Wildman–Crippen MR) is 72.7 cm³/mol. The van der Waals surface area contributed by atoms with E-state index < -0.39 is 10.7 Å². The third-order valence-corrected chi connectivity index (χ3v) is 3.03. The molecule has 0 heterocycles. The Kier molecular flexibility index (Phi) is 3.62. The minimum Gasteiger partial charge on any atom is -0.288 e. The second kappa shape index (κ2) is 5.20. The highest BCUT2D eigenvalue weighted by Crippen LogP contribution is 2.29. The van der Waals surface area contributed by atoms with Crippen molar-refractivity contribution in [3.8, 4) is 0 Å². The molecule has 0 N–H and O–H groups in total. The van der Waals surface area contributed by atoms with Crippen molar-refractivity contribution >= 4 is 23.1 Å². The molecule has 0 aromatic heterocycles. The number of carbonyl (C=O) groups excluding carboxylic acids is 1. The Morgan fingerprint density at radius 2 is 1.79 bits per heavy atom. The van der Waals surface area contributed by atoms with E-state index in [1.165, 1.54) is 18.2 Å². The first kappa shape index (κ1) is 13.2. The quantitative estimate of drug-likeness (QED) is 0.486. The largest absolute Gasteiger partial charge is 0.298 e. The van der Waals surface area contributed by atoms with Crippen LogP contribution in [0.1, 0.15) is 21.5 Å². The van der Waals surface area contributed by atoms with Crippen molar-refractivity contribution in [2.45, 2.75) is 6.92 Å². The number of halogens is 1. The van der Waals surface area contributed by atoms with Gasteiger partial charge >= 0.3 is 0 Å². The molecule has 0 atom stereocenters. The van der Waals surface area contributed by atoms with E-state index in [0.717, 1.165) is 5.56 Å². The predicted octanol–water partition coefficient (Wildman–Crippen LogP) is 3.79. The van der Waals surface area contributed by atoms with Gasteiger partial charge in [0.25, 0.3) is 5.69 Å². The third kappa shape index (κ3) is 2.63. The second-order valence-corrected chi connectivity index (χ2v) is 4.50. The molecule has 5 heteroatoms. The summed E-state index contributed by atoms with van der Waals surface area (Å²) in [7, 11) is 0. The smallest absolute Gasteiger partial charge is 0.288 e. The van der Waals surface area contributed by atoms with E-state index in [1.54, 1.807) is 24.3 Å². The van der Waals surface area contributed by atoms with E-state index in [4.69, 9.17) is 11.6 Å². The molecule has 96 valence electrons. The average molecular weight is 276 g/mol. The van der Waals surface area contributed by atoms with Crippen LogP contribution in [0.25, 0.3) is 0 Å². The minimum absolute atomic E-state index is 0.00125. The number of hydrogen-bond donors (Lipinski definition) is 0. The molecule has 0 spiro atoms. The van der Waals surface area contributed by atoms with Crippen LogP contribution in [0.4, 0.5) is 5.69 Å². The topological polar surface area (TPSA) is 60.2 Å². The first-order valence-corrected chi connectivity index (χ1v) is 5.93. The number of carbonyl (C=O) groups is 1. The molecule has 0 unspecified atom stereocenters. The van der Waals surface area contributed by atoms with Gasteiger partial charge in [0.15, 0.2) is 5.78 Å². The van der Waals surface area contributed by atoms with Crippen molar-refractivity contribution in [1.82, 2.24) is 0 Å². The number of para-hydroxylation sites is 1. The third-order valence-electron chi connectivity index (χ3n) is 2.73. The van der Waals surface area contributed by atoms with E-state index in [0.29, 0.717) is 5.56 Å². The number of benzene rings is 2. The van der Waals surface area contributed by atoms with Gasteiger partial charge in [-0.05, 0) is 19.1 Å². The second-order valence-electron chi connectivity index (χ2n) is 4.09. The summed E-state index contributed by atoms with van der Waals surface area (Å²) in [6.07, 6.45) is 0. The fraction of sp³-hybridized carbons (Fsp3) is 0.0714. The molecule has 0 aliphatic carbocycles. The first-order chi connectivity index (χ1) is 9.00. The lowest BCUT2D eigenvalue weighted by molar-refractivity contribution is -0.385. The summed E-state index contributed by atoms with van der Waals surface area (Å²) in [4.78, 5) is 22.6. The van der Waals surface area contributed by atoms with Gasteiger partial charge < -0.3 is 0 Å². The van der Waals surface area contributed by atoms with Crippen LogP contribution in [0.15, 0.2) is 42.5 Å². The molecule has 0 saturated heterocycles. The number of rotatable bonds is 3. The lowest BCUT2D eigenvalue weighted by atomic mass is 10.0. The fourth-order valence-electron chi connectivity index (χ4n) is 1.74. The van der Waals surface area contributed by atoms with Gasteiger partial charge in [-0.3, -0.25) is 14.9 Å². The van der Waals surface area contributed by atoms with Crippen LogP contribution in [0.2, 0.25) is 5.02 Å². The number of ketones is 1. The standard InChI is InChI=1S/C14H10ClNO3/c1-9-5-7-10(8-6-9)14(17)11-3-2-4-12(15)13(11)16(18)19/h2-8H,1H3. The lowest BCUT2D eigenvalue weighted by Crippen LogP contribution is -2.05. The molecule has 0 amide bonds. The maximum absolute atomic E-state index is 12.3. The van der Waals surface area contributed by atoms with Crippen molar-refractivity contribution < 1.29 is 9.72 Å². The number of nitro benzene ring substituents is 1. The monoisotopic (exact) mass is 275 g/mol. The lowest BCUT2D eigenvalue weighted by Gasteiger charge is -2.04. The van der Waals surface area contributed by atoms with Crippen LogP contribution in [0.3, 0.4) is 0 Å². The van der Waals surface area contributed by atoms with E-state index in [9.17, 15) is 14.9 Å². The molecule has 0 aliphatic heterocycles. The Morgan fingerprint density at radius 1 is 1.16 bits per heavy atom. The summed E-state index contributed by atoms with van der Waals surface area (Å²) in [6.45, 7) is 1.90. The van der Waals surface area contributed by atoms with Crippen molar-refractivity contribution in [3.05, 3.63) is 74.3 Å². The normalized spacial score (nSPS) is 10.2. The van der Waals surface area contributed by atoms with Crippen LogP contribution in [-0.2, 0) is 0 Å². The molecule has 2 aromatic carbocycles. The van der Waals surface area contributed by atoms with E-state index in [2.05, 4.69) is 0 Å². The van der Waals surface area contributed by atoms with Crippen molar-refractivity contribution in [1.29, 1.82) is 0 Å². The Morgan fingerprint density at radius 3 is 2.37 bits per heavy atom. The van der Waals surface area contributed by atoms with Crippen molar-refractivity contribution in [3.63, 3.8) is 0 Å². The van der Waals surface area contributed by atoms with Gasteiger partial charge in [-0.1, -0.05) is 47.5 Å². The van der Waals surface area contributed by atoms with Gasteiger partial charge in [-0.15, -0.1) is 0 Å². The zero-order valence-corrected chi connectivity index (χ0v) is 10.8. The maximum atomic E-state index is 12.3. The van der Waals surface area contributed by atoms with Crippen molar-refractivity contribution in [2.75, 3.05) is 0 Å². The molecule has 2 rings (SSSR count). The molecule has 19 heavy (non-hydrogen) atoms. The summed E-state index contributed by atoms with van der Waals surface area (Å²) in [5.74, 6) is -0.408. The molecule has 4 nitrogen and oxygen atoms in total. The fourth-order valence-corrected chi connectivity index (χ4v) is 1.99. The summed E-state index contributed by atoms with van der Waals surface area (Å²) in [5, 5.41) is 11.0. The number of aryl methyl sites for hydroxylation is 1. The molecular formula is C14H10ClNO3. The van der Waals surface area contributed by atoms with Crippen LogP contribution in [0, 0.1) is 17.0 Å². The Balaban J connectivity index is 2.53. The van der Waals surface area contributed by atoms with Crippen LogP contribution < -0.4 is 0 Å². The van der Waals surface area contributed by atoms with E-state index in [1.807, 2.05) is 6.92 Å². The Hall–Kier alpha value is -2.20. The zero-order valence-electron chi connectivity index (χ0n) is 10.1. The summed E-state index contributed by atoms with van der Waals surface area (Å²) >= 11 is 5.79. The van der Waals surface area contributed by atoms with Gasteiger partial charge in [-0.2, -0.15) is 0 Å². The SMILES string of the molecule is Cc1ccc(C(=O)c2cccc(Cl)c2[N+](=O)[O-])cc1. The highest BCUT2D eigenvalue weighted by Gasteiger charge is 2.24. The Bertz CT molecular complexity index is 650. The van der Waals surface area contributed by atoms with Gasteiger partial charge in [-0.25, -0.2) is 0 Å². The molecule has 2 aromatic rings. The number of nitro groups is 1. The molecule has 0 saturated carbocycles. The molecule has 0 fully saturated rings. The van der Waals surface area contributed by atoms with Crippen LogP contribution in [-0.4, -0.2) is 10.7 Å². The maximum Gasteiger partial charge on any atom is 0.298 e. The molecular weight excluding hydrogens is 266 g/mol. The van der Waals surface area contributed by atoms with Gasteiger partial charge in [0, 0.05) is 5.56 Å². The van der Waals surface area contributed by atoms with Gasteiger partial charge in [0.05, 0.1) is 4.92 Å². The van der Waals surface area contributed by atoms with Crippen LogP contribution in [0.5, 0.6) is 0 Å². The summed E-state index contributed by atoms with van der Waals surface area (Å²) in [6, 6.07) is 11.2. The zero-order chi connectivity index (χ0) is 14.0. The first-order valence-electron chi connectivity index (χ1n) is 5.55. The number of hydrogen-bond acceptors (Lipinski definition) is 3. The Labute approximate surface area is 114 Å². The van der Waals surface area contributed by atoms with Crippen LogP contribution >= 0.6 is 11.6 Å². The average Bonchev–Trinajstić information content (AvgIpc) is 2.38. The highest BCUT2D eigenvalue weighted by atomic mass is 35.5. The molecule has 0 aliphatic rings. The minimum atomic E-state index is -0.635.